The molecule has 1 atom stereocenters. The van der Waals surface area contributed by atoms with Crippen LogP contribution in [0.3, 0.4) is 0 Å². The molecular weight excluding hydrogens is 402 g/mol. The topological polar surface area (TPSA) is 82.3 Å². The molecule has 0 aliphatic carbocycles. The van der Waals surface area contributed by atoms with E-state index in [1.165, 1.54) is 7.11 Å². The van der Waals surface area contributed by atoms with E-state index in [1.807, 2.05) is 54.6 Å². The Morgan fingerprint density at radius 1 is 1.07 bits per heavy atom. The summed E-state index contributed by atoms with van der Waals surface area (Å²) < 4.78 is 4.83. The van der Waals surface area contributed by atoms with Crippen molar-refractivity contribution in [2.75, 3.05) is 43.1 Å². The van der Waals surface area contributed by atoms with Crippen LogP contribution in [0.5, 0.6) is 0 Å². The summed E-state index contributed by atoms with van der Waals surface area (Å²) in [6.45, 7) is 2.85. The molecular formula is C22H20ClN5O2. The number of ether oxygens (including phenoxy) is 1. The number of hydrogen-bond acceptors (Lipinski definition) is 7. The van der Waals surface area contributed by atoms with Crippen LogP contribution >= 0.6 is 11.6 Å². The van der Waals surface area contributed by atoms with Crippen molar-refractivity contribution in [1.82, 2.24) is 9.97 Å². The Morgan fingerprint density at radius 3 is 2.37 bits per heavy atom. The Kier molecular flexibility index (Phi) is 5.68. The predicted molar refractivity (Wildman–Crippen MR) is 116 cm³/mol. The third kappa shape index (κ3) is 3.87. The summed E-state index contributed by atoms with van der Waals surface area (Å²) in [4.78, 5) is 25.9. The number of methoxy groups -OCH3 is 1. The number of esters is 1. The van der Waals surface area contributed by atoms with Gasteiger partial charge in [-0.25, -0.2) is 9.97 Å². The normalized spacial score (nSPS) is 15.0. The molecule has 1 aliphatic rings. The minimum Gasteiger partial charge on any atom is -0.468 e. The Labute approximate surface area is 179 Å². The summed E-state index contributed by atoms with van der Waals surface area (Å²) in [6.07, 6.45) is 0. The lowest BCUT2D eigenvalue weighted by Gasteiger charge is -2.37. The van der Waals surface area contributed by atoms with Crippen molar-refractivity contribution in [3.63, 3.8) is 0 Å². The number of benzene rings is 2. The van der Waals surface area contributed by atoms with E-state index in [0.29, 0.717) is 35.1 Å². The molecule has 1 aromatic heterocycles. The smallest absolute Gasteiger partial charge is 0.329 e. The highest BCUT2D eigenvalue weighted by molar-refractivity contribution is 6.30. The van der Waals surface area contributed by atoms with Gasteiger partial charge >= 0.3 is 5.97 Å². The fraction of sp³-hybridized carbons (Fsp3) is 0.273. The fourth-order valence-electron chi connectivity index (χ4n) is 3.62. The zero-order valence-corrected chi connectivity index (χ0v) is 17.2. The summed E-state index contributed by atoms with van der Waals surface area (Å²) in [5.41, 5.74) is 2.75. The number of halogens is 1. The Bertz CT molecular complexity index is 1120. The molecule has 152 valence electrons. The number of carbonyl (C=O) groups is 1. The van der Waals surface area contributed by atoms with Crippen LogP contribution < -0.4 is 9.80 Å². The van der Waals surface area contributed by atoms with Crippen molar-refractivity contribution in [3.05, 3.63) is 59.2 Å². The summed E-state index contributed by atoms with van der Waals surface area (Å²) >= 11 is 6.13. The van der Waals surface area contributed by atoms with Gasteiger partial charge in [0.2, 0.25) is 0 Å². The lowest BCUT2D eigenvalue weighted by atomic mass is 10.1. The molecule has 8 heteroatoms. The van der Waals surface area contributed by atoms with Crippen LogP contribution in [0.1, 0.15) is 11.6 Å². The van der Waals surface area contributed by atoms with Crippen molar-refractivity contribution >= 4 is 40.1 Å². The van der Waals surface area contributed by atoms with E-state index < -0.39 is 11.9 Å². The van der Waals surface area contributed by atoms with E-state index >= 15 is 0 Å². The molecule has 3 aromatic rings. The van der Waals surface area contributed by atoms with Crippen LogP contribution in [0, 0.1) is 11.3 Å². The van der Waals surface area contributed by atoms with Crippen LogP contribution in [-0.2, 0) is 9.53 Å². The number of piperazine rings is 1. The van der Waals surface area contributed by atoms with Crippen LogP contribution in [0.4, 0.5) is 11.5 Å². The van der Waals surface area contributed by atoms with Crippen molar-refractivity contribution in [2.45, 2.75) is 5.92 Å². The van der Waals surface area contributed by atoms with Gasteiger partial charge in [-0.2, -0.15) is 5.26 Å². The largest absolute Gasteiger partial charge is 0.468 e. The average molecular weight is 422 g/mol. The molecule has 0 radical (unpaired) electrons. The van der Waals surface area contributed by atoms with Gasteiger partial charge in [-0.1, -0.05) is 29.8 Å². The van der Waals surface area contributed by atoms with E-state index in [9.17, 15) is 10.1 Å². The van der Waals surface area contributed by atoms with E-state index in [4.69, 9.17) is 21.3 Å². The molecule has 2 heterocycles. The van der Waals surface area contributed by atoms with E-state index in [2.05, 4.69) is 14.8 Å². The monoisotopic (exact) mass is 421 g/mol. The summed E-state index contributed by atoms with van der Waals surface area (Å²) in [7, 11) is 1.27. The zero-order valence-electron chi connectivity index (χ0n) is 16.5. The molecule has 7 nitrogen and oxygen atoms in total. The van der Waals surface area contributed by atoms with E-state index in [1.54, 1.807) is 0 Å². The number of nitrogens with zero attached hydrogens (tertiary/aromatic N) is 5. The molecule has 1 fully saturated rings. The van der Waals surface area contributed by atoms with Crippen molar-refractivity contribution < 1.29 is 9.53 Å². The molecule has 30 heavy (non-hydrogen) atoms. The van der Waals surface area contributed by atoms with Gasteiger partial charge in [0.05, 0.1) is 24.2 Å². The molecule has 0 spiro atoms. The standard InChI is InChI=1S/C22H20ClN5O2/c1-30-22(29)17(14-24)20-21(26-19-8-3-2-7-18(19)25-20)28-11-9-27(10-12-28)16-6-4-5-15(23)13-16/h2-8,13,17H,9-12H2,1H3/t17-/m1/s1. The first-order valence-corrected chi connectivity index (χ1v) is 9.98. The second kappa shape index (κ2) is 8.56. The fourth-order valence-corrected chi connectivity index (χ4v) is 3.81. The molecule has 4 rings (SSSR count). The maximum absolute atomic E-state index is 12.2. The van der Waals surface area contributed by atoms with Gasteiger partial charge in [-0.05, 0) is 30.3 Å². The first-order valence-electron chi connectivity index (χ1n) is 9.60. The second-order valence-corrected chi connectivity index (χ2v) is 7.40. The first kappa shape index (κ1) is 19.9. The molecule has 1 saturated heterocycles. The molecule has 0 N–H and O–H groups in total. The van der Waals surface area contributed by atoms with E-state index in [0.717, 1.165) is 24.3 Å². The highest BCUT2D eigenvalue weighted by Gasteiger charge is 2.30. The number of hydrogen-bond donors (Lipinski definition) is 0. The summed E-state index contributed by atoms with van der Waals surface area (Å²) in [5.74, 6) is -1.22. The maximum Gasteiger partial charge on any atom is 0.329 e. The number of fused-ring (bicyclic) bond motifs is 1. The van der Waals surface area contributed by atoms with Gasteiger partial charge in [-0.15, -0.1) is 0 Å². The highest BCUT2D eigenvalue weighted by atomic mass is 35.5. The third-order valence-corrected chi connectivity index (χ3v) is 5.41. The Morgan fingerprint density at radius 2 is 1.73 bits per heavy atom. The zero-order chi connectivity index (χ0) is 21.1. The number of carbonyl (C=O) groups excluding carboxylic acids is 1. The summed E-state index contributed by atoms with van der Waals surface area (Å²) in [6, 6.07) is 17.2. The van der Waals surface area contributed by atoms with Crippen LogP contribution in [0.25, 0.3) is 11.0 Å². The highest BCUT2D eigenvalue weighted by Crippen LogP contribution is 2.29. The summed E-state index contributed by atoms with van der Waals surface area (Å²) in [5, 5.41) is 10.3. The van der Waals surface area contributed by atoms with Crippen LogP contribution in [0.15, 0.2) is 48.5 Å². The van der Waals surface area contributed by atoms with Crippen molar-refractivity contribution in [2.24, 2.45) is 0 Å². The minimum absolute atomic E-state index is 0.333. The van der Waals surface area contributed by atoms with Crippen LogP contribution in [0.2, 0.25) is 5.02 Å². The van der Waals surface area contributed by atoms with Crippen molar-refractivity contribution in [3.8, 4) is 6.07 Å². The first-order chi connectivity index (χ1) is 14.6. The maximum atomic E-state index is 12.2. The number of aromatic nitrogens is 2. The van der Waals surface area contributed by atoms with Gasteiger partial charge in [-0.3, -0.25) is 4.79 Å². The molecule has 0 unspecified atom stereocenters. The molecule has 0 bridgehead atoms. The van der Waals surface area contributed by atoms with Crippen molar-refractivity contribution in [1.29, 1.82) is 5.26 Å². The van der Waals surface area contributed by atoms with Gasteiger partial charge in [0.15, 0.2) is 11.7 Å². The van der Waals surface area contributed by atoms with Gasteiger partial charge < -0.3 is 14.5 Å². The SMILES string of the molecule is COC(=O)[C@H](C#N)c1nc2ccccc2nc1N1CCN(c2cccc(Cl)c2)CC1. The quantitative estimate of drug-likeness (QED) is 0.597. The number of rotatable bonds is 4. The van der Waals surface area contributed by atoms with Gasteiger partial charge in [0.1, 0.15) is 5.69 Å². The van der Waals surface area contributed by atoms with E-state index in [-0.39, 0.29) is 0 Å². The average Bonchev–Trinajstić information content (AvgIpc) is 2.79. The Hall–Kier alpha value is -3.37. The molecule has 0 amide bonds. The lowest BCUT2D eigenvalue weighted by molar-refractivity contribution is -0.141. The number of anilines is 2. The Balaban J connectivity index is 1.67. The molecule has 1 aliphatic heterocycles. The number of nitriles is 1. The third-order valence-electron chi connectivity index (χ3n) is 5.17. The lowest BCUT2D eigenvalue weighted by Crippen LogP contribution is -2.47. The molecule has 0 saturated carbocycles. The number of para-hydroxylation sites is 2. The second-order valence-electron chi connectivity index (χ2n) is 6.96. The van der Waals surface area contributed by atoms with Gasteiger partial charge in [0.25, 0.3) is 0 Å². The van der Waals surface area contributed by atoms with Crippen LogP contribution in [-0.4, -0.2) is 49.2 Å². The predicted octanol–water partition coefficient (Wildman–Crippen LogP) is 3.39. The van der Waals surface area contributed by atoms with Gasteiger partial charge in [0, 0.05) is 36.9 Å². The minimum atomic E-state index is -1.13. The molecule has 2 aromatic carbocycles.